The zero-order valence-corrected chi connectivity index (χ0v) is 18.8. The second kappa shape index (κ2) is 9.41. The van der Waals surface area contributed by atoms with Gasteiger partial charge in [0.15, 0.2) is 17.3 Å². The molecule has 10 heteroatoms. The Bertz CT molecular complexity index is 1250. The lowest BCUT2D eigenvalue weighted by molar-refractivity contribution is -0.0787. The van der Waals surface area contributed by atoms with Crippen LogP contribution in [0.25, 0.3) is 22.3 Å². The zero-order valence-electron chi connectivity index (χ0n) is 18.8. The van der Waals surface area contributed by atoms with Crippen LogP contribution < -0.4 is 10.2 Å². The average Bonchev–Trinajstić information content (AvgIpc) is 2.74. The Kier molecular flexibility index (Phi) is 6.56. The smallest absolute Gasteiger partial charge is 0.238 e. The first-order chi connectivity index (χ1) is 16.1. The lowest BCUT2D eigenvalue weighted by Gasteiger charge is -2.36. The van der Waals surface area contributed by atoms with E-state index in [0.29, 0.717) is 19.6 Å². The van der Waals surface area contributed by atoms with Gasteiger partial charge >= 0.3 is 0 Å². The van der Waals surface area contributed by atoms with Crippen LogP contribution in [-0.2, 0) is 4.74 Å². The van der Waals surface area contributed by atoms with Gasteiger partial charge in [0.25, 0.3) is 0 Å². The molecule has 0 spiro atoms. The summed E-state index contributed by atoms with van der Waals surface area (Å²) in [5.74, 6) is -2.02. The fourth-order valence-electron chi connectivity index (χ4n) is 4.21. The van der Waals surface area contributed by atoms with Gasteiger partial charge in [-0.2, -0.15) is 0 Å². The van der Waals surface area contributed by atoms with E-state index >= 15 is 0 Å². The number of fused-ring (bicyclic) bond motifs is 1. The molecular formula is C24H27NO9. The fraction of sp³-hybridized carbons (Fsp3) is 0.375. The molecule has 3 aromatic rings. The summed E-state index contributed by atoms with van der Waals surface area (Å²) in [6, 6.07) is 6.16. The molecule has 1 saturated heterocycles. The quantitative estimate of drug-likeness (QED) is 0.360. The van der Waals surface area contributed by atoms with Gasteiger partial charge in [-0.05, 0) is 32.0 Å². The molecule has 3 atom stereocenters. The van der Waals surface area contributed by atoms with E-state index in [2.05, 4.69) is 4.90 Å². The van der Waals surface area contributed by atoms with Crippen molar-refractivity contribution in [3.63, 3.8) is 0 Å². The number of β-amino-alcohol motifs (C(OH)–C–C–N with tert-alkyl or cyclic N) is 1. The van der Waals surface area contributed by atoms with Crippen LogP contribution in [0.3, 0.4) is 0 Å². The second-order valence-corrected chi connectivity index (χ2v) is 8.57. The summed E-state index contributed by atoms with van der Waals surface area (Å²) in [5.41, 5.74) is -0.804. The van der Waals surface area contributed by atoms with Crippen molar-refractivity contribution in [3.05, 3.63) is 40.6 Å². The molecule has 0 radical (unpaired) electrons. The number of nitrogens with zero attached hydrogens (tertiary/aromatic N) is 1. The largest absolute Gasteiger partial charge is 0.508 e. The Morgan fingerprint density at radius 3 is 2.47 bits per heavy atom. The van der Waals surface area contributed by atoms with Crippen LogP contribution in [-0.4, -0.2) is 75.0 Å². The number of aliphatic hydroxyl groups excluding tert-OH is 1. The third-order valence-electron chi connectivity index (χ3n) is 5.55. The van der Waals surface area contributed by atoms with E-state index in [-0.39, 0.29) is 58.4 Å². The topological polar surface area (TPSA) is 153 Å². The van der Waals surface area contributed by atoms with Crippen LogP contribution in [0.5, 0.6) is 28.7 Å². The molecular weight excluding hydrogens is 446 g/mol. The Morgan fingerprint density at radius 1 is 1.06 bits per heavy atom. The maximum atomic E-state index is 12.6. The monoisotopic (exact) mass is 473 g/mol. The van der Waals surface area contributed by atoms with Gasteiger partial charge in [0.05, 0.1) is 12.2 Å². The van der Waals surface area contributed by atoms with Crippen LogP contribution in [0.1, 0.15) is 13.8 Å². The number of rotatable bonds is 6. The summed E-state index contributed by atoms with van der Waals surface area (Å²) in [6.45, 7) is 5.58. The summed E-state index contributed by atoms with van der Waals surface area (Å²) in [5, 5.41) is 50.4. The molecule has 1 aromatic heterocycles. The maximum absolute atomic E-state index is 12.6. The molecule has 0 amide bonds. The van der Waals surface area contributed by atoms with Crippen molar-refractivity contribution in [1.82, 2.24) is 4.90 Å². The SMILES string of the molecule is C[C@@H]1CN(CC(O)COc2cc(-c3oc4cc(O)cc(O)c4c(=O)c3O)ccc2O)C[C@H](C)O1. The summed E-state index contributed by atoms with van der Waals surface area (Å²) in [4.78, 5) is 14.7. The predicted molar refractivity (Wildman–Crippen MR) is 123 cm³/mol. The number of morpholine rings is 1. The molecule has 0 bridgehead atoms. The van der Waals surface area contributed by atoms with Crippen molar-refractivity contribution in [3.8, 4) is 40.1 Å². The normalized spacial score (nSPS) is 19.9. The van der Waals surface area contributed by atoms with Gasteiger partial charge in [0.2, 0.25) is 11.2 Å². The van der Waals surface area contributed by atoms with Gasteiger partial charge in [0.1, 0.15) is 35.2 Å². The predicted octanol–water partition coefficient (Wildman–Crippen LogP) is 2.13. The minimum absolute atomic E-state index is 0.0150. The van der Waals surface area contributed by atoms with Crippen molar-refractivity contribution in [1.29, 1.82) is 0 Å². The lowest BCUT2D eigenvalue weighted by atomic mass is 10.1. The summed E-state index contributed by atoms with van der Waals surface area (Å²) < 4.78 is 16.9. The first kappa shape index (κ1) is 23.7. The molecule has 1 aliphatic heterocycles. The molecule has 10 nitrogen and oxygen atoms in total. The Balaban J connectivity index is 1.55. The molecule has 2 aromatic carbocycles. The van der Waals surface area contributed by atoms with Crippen molar-refractivity contribution >= 4 is 11.0 Å². The lowest BCUT2D eigenvalue weighted by Crippen LogP contribution is -2.48. The molecule has 2 heterocycles. The van der Waals surface area contributed by atoms with E-state index in [1.54, 1.807) is 0 Å². The van der Waals surface area contributed by atoms with E-state index in [9.17, 15) is 30.3 Å². The molecule has 1 aliphatic rings. The number of phenolic OH excluding ortho intramolecular Hbond substituents is 3. The summed E-state index contributed by atoms with van der Waals surface area (Å²) in [7, 11) is 0. The number of phenols is 3. The zero-order chi connectivity index (χ0) is 24.6. The molecule has 182 valence electrons. The number of hydrogen-bond acceptors (Lipinski definition) is 10. The molecule has 4 rings (SSSR count). The first-order valence-corrected chi connectivity index (χ1v) is 10.9. The van der Waals surface area contributed by atoms with E-state index in [0.717, 1.165) is 12.1 Å². The van der Waals surface area contributed by atoms with E-state index < -0.39 is 23.0 Å². The highest BCUT2D eigenvalue weighted by molar-refractivity contribution is 5.88. The Morgan fingerprint density at radius 2 is 1.76 bits per heavy atom. The Labute approximate surface area is 194 Å². The van der Waals surface area contributed by atoms with Gasteiger partial charge in [-0.25, -0.2) is 0 Å². The summed E-state index contributed by atoms with van der Waals surface area (Å²) >= 11 is 0. The van der Waals surface area contributed by atoms with Crippen LogP contribution in [0.15, 0.2) is 39.5 Å². The Hall–Kier alpha value is -3.47. The van der Waals surface area contributed by atoms with Gasteiger partial charge in [-0.3, -0.25) is 9.69 Å². The highest BCUT2D eigenvalue weighted by Gasteiger charge is 2.24. The molecule has 1 unspecified atom stereocenters. The fourth-order valence-corrected chi connectivity index (χ4v) is 4.21. The number of aliphatic hydroxyl groups is 1. The minimum atomic E-state index is -0.881. The first-order valence-electron chi connectivity index (χ1n) is 10.9. The standard InChI is InChI=1S/C24H27NO9/c1-12-8-25(9-13(2)33-12)10-16(27)11-32-19-5-14(3-4-17(19)28)24-23(31)22(30)21-18(29)6-15(26)7-20(21)34-24/h3-7,12-13,16,26-29,31H,8-11H2,1-2H3/t12-,13+,16?. The molecule has 0 saturated carbocycles. The van der Waals surface area contributed by atoms with Crippen LogP contribution in [0.4, 0.5) is 0 Å². The summed E-state index contributed by atoms with van der Waals surface area (Å²) in [6.07, 6.45) is -0.713. The van der Waals surface area contributed by atoms with Crippen LogP contribution in [0.2, 0.25) is 0 Å². The third-order valence-corrected chi connectivity index (χ3v) is 5.55. The molecule has 1 fully saturated rings. The van der Waals surface area contributed by atoms with E-state index in [1.165, 1.54) is 18.2 Å². The number of benzene rings is 2. The van der Waals surface area contributed by atoms with Gasteiger partial charge in [-0.1, -0.05) is 0 Å². The number of aromatic hydroxyl groups is 4. The van der Waals surface area contributed by atoms with Crippen LogP contribution in [0, 0.1) is 0 Å². The molecule has 0 aliphatic carbocycles. The third kappa shape index (κ3) is 4.89. The number of ether oxygens (including phenoxy) is 2. The van der Waals surface area contributed by atoms with Gasteiger partial charge in [0, 0.05) is 37.3 Å². The van der Waals surface area contributed by atoms with E-state index in [1.807, 2.05) is 13.8 Å². The van der Waals surface area contributed by atoms with Crippen molar-refractivity contribution in [2.24, 2.45) is 0 Å². The maximum Gasteiger partial charge on any atom is 0.238 e. The van der Waals surface area contributed by atoms with Crippen molar-refractivity contribution < 1.29 is 39.4 Å². The molecule has 34 heavy (non-hydrogen) atoms. The number of hydrogen-bond donors (Lipinski definition) is 5. The van der Waals surface area contributed by atoms with E-state index in [4.69, 9.17) is 13.9 Å². The molecule has 5 N–H and O–H groups in total. The van der Waals surface area contributed by atoms with Crippen molar-refractivity contribution in [2.45, 2.75) is 32.2 Å². The highest BCUT2D eigenvalue weighted by atomic mass is 16.5. The minimum Gasteiger partial charge on any atom is -0.508 e. The average molecular weight is 473 g/mol. The second-order valence-electron chi connectivity index (χ2n) is 8.57. The van der Waals surface area contributed by atoms with Gasteiger partial charge in [-0.15, -0.1) is 0 Å². The van der Waals surface area contributed by atoms with Crippen LogP contribution >= 0.6 is 0 Å². The van der Waals surface area contributed by atoms with Crippen molar-refractivity contribution in [2.75, 3.05) is 26.2 Å². The highest BCUT2D eigenvalue weighted by Crippen LogP contribution is 2.38. The van der Waals surface area contributed by atoms with Gasteiger partial charge < -0.3 is 39.4 Å².